The van der Waals surface area contributed by atoms with Gasteiger partial charge >= 0.3 is 0 Å². The third-order valence-electron chi connectivity index (χ3n) is 1.72. The highest BCUT2D eigenvalue weighted by molar-refractivity contribution is 5.95. The van der Waals surface area contributed by atoms with Crippen LogP contribution in [0.2, 0.25) is 0 Å². The van der Waals surface area contributed by atoms with Crippen LogP contribution in [0.1, 0.15) is 20.8 Å². The van der Waals surface area contributed by atoms with E-state index in [1.807, 2.05) is 26.0 Å². The van der Waals surface area contributed by atoms with Gasteiger partial charge in [0.2, 0.25) is 0 Å². The minimum Gasteiger partial charge on any atom is -0.295 e. The quantitative estimate of drug-likeness (QED) is 0.475. The molecule has 0 heterocycles. The second kappa shape index (κ2) is 5.31. The van der Waals surface area contributed by atoms with Gasteiger partial charge in [-0.1, -0.05) is 37.0 Å². The van der Waals surface area contributed by atoms with E-state index in [0.717, 1.165) is 11.1 Å². The number of rotatable bonds is 4. The van der Waals surface area contributed by atoms with Crippen molar-refractivity contribution in [1.29, 1.82) is 0 Å². The topological polar surface area (TPSA) is 17.1 Å². The van der Waals surface area contributed by atoms with Gasteiger partial charge in [0, 0.05) is 5.57 Å². The first-order valence-corrected chi connectivity index (χ1v) is 4.19. The monoisotopic (exact) mass is 176 g/mol. The predicted octanol–water partition coefficient (Wildman–Crippen LogP) is 3.21. The Kier molecular flexibility index (Phi) is 4.75. The zero-order chi connectivity index (χ0) is 10.4. The van der Waals surface area contributed by atoms with Gasteiger partial charge in [0.1, 0.15) is 0 Å². The molecule has 0 aromatic carbocycles. The van der Waals surface area contributed by atoms with Crippen molar-refractivity contribution >= 4 is 5.78 Å². The zero-order valence-corrected chi connectivity index (χ0v) is 8.55. The molecule has 0 aromatic heterocycles. The molecule has 0 fully saturated rings. The summed E-state index contributed by atoms with van der Waals surface area (Å²) in [4.78, 5) is 10.8. The molecule has 0 radical (unpaired) electrons. The van der Waals surface area contributed by atoms with Gasteiger partial charge in [-0.05, 0) is 26.3 Å². The molecule has 0 aliphatic carbocycles. The van der Waals surface area contributed by atoms with Gasteiger partial charge < -0.3 is 0 Å². The highest BCUT2D eigenvalue weighted by atomic mass is 16.1. The molecule has 0 saturated heterocycles. The Morgan fingerprint density at radius 1 is 1.15 bits per heavy atom. The Bertz CT molecular complexity index is 290. The Labute approximate surface area is 80.2 Å². The van der Waals surface area contributed by atoms with Crippen LogP contribution in [0.3, 0.4) is 0 Å². The molecule has 0 unspecified atom stereocenters. The molecular formula is C12H16O. The number of carbonyl (C=O) groups excluding carboxylic acids is 1. The standard InChI is InChI=1S/C12H16O/c1-6-12(9(2)3)8-7-10(4)11(5)13/h6-8H,2,4H2,1,3,5H3/b8-7-,12-6+. The fourth-order valence-corrected chi connectivity index (χ4v) is 0.793. The van der Waals surface area contributed by atoms with Crippen molar-refractivity contribution in [3.8, 4) is 0 Å². The molecule has 0 saturated carbocycles. The summed E-state index contributed by atoms with van der Waals surface area (Å²) in [6.45, 7) is 12.8. The van der Waals surface area contributed by atoms with Gasteiger partial charge in [0.25, 0.3) is 0 Å². The molecule has 0 atom stereocenters. The summed E-state index contributed by atoms with van der Waals surface area (Å²) >= 11 is 0. The maximum absolute atomic E-state index is 10.8. The molecule has 1 nitrogen and oxygen atoms in total. The van der Waals surface area contributed by atoms with Crippen LogP contribution >= 0.6 is 0 Å². The second-order valence-electron chi connectivity index (χ2n) is 2.94. The molecule has 0 aliphatic rings. The number of hydrogen-bond donors (Lipinski definition) is 0. The summed E-state index contributed by atoms with van der Waals surface area (Å²) in [7, 11) is 0. The van der Waals surface area contributed by atoms with E-state index in [1.165, 1.54) is 6.92 Å². The van der Waals surface area contributed by atoms with E-state index < -0.39 is 0 Å². The van der Waals surface area contributed by atoms with Gasteiger partial charge in [0.15, 0.2) is 5.78 Å². The lowest BCUT2D eigenvalue weighted by molar-refractivity contribution is -0.113. The first-order valence-electron chi connectivity index (χ1n) is 4.19. The Morgan fingerprint density at radius 2 is 1.69 bits per heavy atom. The average Bonchev–Trinajstić information content (AvgIpc) is 2.04. The van der Waals surface area contributed by atoms with Crippen LogP contribution < -0.4 is 0 Å². The average molecular weight is 176 g/mol. The van der Waals surface area contributed by atoms with Gasteiger partial charge in [0.05, 0.1) is 0 Å². The molecule has 13 heavy (non-hydrogen) atoms. The third-order valence-corrected chi connectivity index (χ3v) is 1.72. The highest BCUT2D eigenvalue weighted by Gasteiger charge is 1.95. The molecule has 0 N–H and O–H groups in total. The highest BCUT2D eigenvalue weighted by Crippen LogP contribution is 2.09. The van der Waals surface area contributed by atoms with E-state index in [9.17, 15) is 4.79 Å². The SMILES string of the molecule is C=C(/C=C\C(=C/C)C(=C)C)C(C)=O. The van der Waals surface area contributed by atoms with Crippen molar-refractivity contribution in [2.45, 2.75) is 20.8 Å². The van der Waals surface area contributed by atoms with Crippen molar-refractivity contribution in [2.75, 3.05) is 0 Å². The van der Waals surface area contributed by atoms with Crippen LogP contribution in [-0.2, 0) is 4.79 Å². The molecule has 0 aliphatic heterocycles. The normalized spacial score (nSPS) is 11.8. The molecule has 70 valence electrons. The maximum atomic E-state index is 10.8. The van der Waals surface area contributed by atoms with E-state index in [2.05, 4.69) is 13.2 Å². The Morgan fingerprint density at radius 3 is 2.00 bits per heavy atom. The van der Waals surface area contributed by atoms with Crippen LogP contribution in [0.4, 0.5) is 0 Å². The molecule has 0 aromatic rings. The van der Waals surface area contributed by atoms with E-state index in [-0.39, 0.29) is 5.78 Å². The lowest BCUT2D eigenvalue weighted by Crippen LogP contribution is -1.90. The molecule has 0 rings (SSSR count). The largest absolute Gasteiger partial charge is 0.295 e. The van der Waals surface area contributed by atoms with Crippen LogP contribution in [0, 0.1) is 0 Å². The summed E-state index contributed by atoms with van der Waals surface area (Å²) in [6, 6.07) is 0. The van der Waals surface area contributed by atoms with Crippen LogP contribution in [-0.4, -0.2) is 5.78 Å². The van der Waals surface area contributed by atoms with E-state index >= 15 is 0 Å². The van der Waals surface area contributed by atoms with Gasteiger partial charge in [-0.25, -0.2) is 0 Å². The summed E-state index contributed by atoms with van der Waals surface area (Å²) < 4.78 is 0. The zero-order valence-electron chi connectivity index (χ0n) is 8.55. The van der Waals surface area contributed by atoms with Crippen LogP contribution in [0.5, 0.6) is 0 Å². The minimum absolute atomic E-state index is 0.00609. The Hall–Kier alpha value is -1.37. The predicted molar refractivity (Wildman–Crippen MR) is 57.5 cm³/mol. The molecule has 0 spiro atoms. The maximum Gasteiger partial charge on any atom is 0.159 e. The smallest absolute Gasteiger partial charge is 0.159 e. The molecule has 0 amide bonds. The number of hydrogen-bond acceptors (Lipinski definition) is 1. The lowest BCUT2D eigenvalue weighted by atomic mass is 10.1. The number of allylic oxidation sites excluding steroid dienone is 6. The van der Waals surface area contributed by atoms with Crippen LogP contribution in [0.25, 0.3) is 0 Å². The lowest BCUT2D eigenvalue weighted by Gasteiger charge is -1.98. The molecule has 0 bridgehead atoms. The van der Waals surface area contributed by atoms with Gasteiger partial charge in [-0.3, -0.25) is 4.79 Å². The summed E-state index contributed by atoms with van der Waals surface area (Å²) in [5.41, 5.74) is 2.53. The van der Waals surface area contributed by atoms with Crippen LogP contribution in [0.15, 0.2) is 48.1 Å². The summed E-state index contributed by atoms with van der Waals surface area (Å²) in [6.07, 6.45) is 5.52. The summed E-state index contributed by atoms with van der Waals surface area (Å²) in [5.74, 6) is -0.00609. The van der Waals surface area contributed by atoms with E-state index in [4.69, 9.17) is 0 Å². The fraction of sp³-hybridized carbons (Fsp3) is 0.250. The first-order chi connectivity index (χ1) is 5.99. The second-order valence-corrected chi connectivity index (χ2v) is 2.94. The first kappa shape index (κ1) is 11.6. The number of Topliss-reactive ketones (excluding diaryl/α,β-unsaturated/α-hetero) is 1. The Balaban J connectivity index is 4.51. The number of ketones is 1. The fourth-order valence-electron chi connectivity index (χ4n) is 0.793. The van der Waals surface area contributed by atoms with Crippen molar-refractivity contribution in [3.05, 3.63) is 48.1 Å². The van der Waals surface area contributed by atoms with Crippen molar-refractivity contribution in [3.63, 3.8) is 0 Å². The van der Waals surface area contributed by atoms with Crippen molar-refractivity contribution in [1.82, 2.24) is 0 Å². The van der Waals surface area contributed by atoms with Crippen molar-refractivity contribution in [2.24, 2.45) is 0 Å². The van der Waals surface area contributed by atoms with Gasteiger partial charge in [-0.2, -0.15) is 0 Å². The van der Waals surface area contributed by atoms with Crippen molar-refractivity contribution < 1.29 is 4.79 Å². The van der Waals surface area contributed by atoms with E-state index in [1.54, 1.807) is 6.08 Å². The number of carbonyl (C=O) groups is 1. The summed E-state index contributed by atoms with van der Waals surface area (Å²) in [5, 5.41) is 0. The molecule has 1 heteroatoms. The molecular weight excluding hydrogens is 160 g/mol. The third kappa shape index (κ3) is 4.26. The van der Waals surface area contributed by atoms with E-state index in [0.29, 0.717) is 5.57 Å². The minimum atomic E-state index is -0.00609. The van der Waals surface area contributed by atoms with Gasteiger partial charge in [-0.15, -0.1) is 0 Å².